The fourth-order valence-corrected chi connectivity index (χ4v) is 1.96. The fraction of sp³-hybridized carbons (Fsp3) is 0.294. The molecule has 0 bridgehead atoms. The first-order valence-corrected chi connectivity index (χ1v) is 7.46. The number of ether oxygens (including phenoxy) is 2. The first kappa shape index (κ1) is 19.7. The van der Waals surface area contributed by atoms with Crippen molar-refractivity contribution >= 4 is 24.0 Å². The van der Waals surface area contributed by atoms with E-state index in [0.717, 1.165) is 12.2 Å². The summed E-state index contributed by atoms with van der Waals surface area (Å²) in [7, 11) is 1.61. The molecule has 7 heteroatoms. The van der Waals surface area contributed by atoms with Gasteiger partial charge in [0, 0.05) is 6.07 Å². The van der Waals surface area contributed by atoms with E-state index in [0.29, 0.717) is 23.7 Å². The molecule has 0 radical (unpaired) electrons. The SMILES string of the molecule is CCCC(N)C(=O)Nc1ccc(Oc2ccc(OC)cc2)nc1.Cl. The molecule has 1 unspecified atom stereocenters. The summed E-state index contributed by atoms with van der Waals surface area (Å²) in [6.45, 7) is 1.99. The van der Waals surface area contributed by atoms with Crippen LogP contribution in [0.5, 0.6) is 17.4 Å². The monoisotopic (exact) mass is 351 g/mol. The second-order valence-corrected chi connectivity index (χ2v) is 5.05. The zero-order chi connectivity index (χ0) is 16.7. The van der Waals surface area contributed by atoms with Gasteiger partial charge >= 0.3 is 0 Å². The smallest absolute Gasteiger partial charge is 0.241 e. The van der Waals surface area contributed by atoms with E-state index in [1.807, 2.05) is 6.92 Å². The van der Waals surface area contributed by atoms with Crippen molar-refractivity contribution in [1.82, 2.24) is 4.98 Å². The lowest BCUT2D eigenvalue weighted by Gasteiger charge is -2.11. The summed E-state index contributed by atoms with van der Waals surface area (Å²) in [5, 5.41) is 2.73. The first-order valence-electron chi connectivity index (χ1n) is 7.46. The minimum atomic E-state index is -0.504. The molecule has 1 aromatic carbocycles. The standard InChI is InChI=1S/C17H21N3O3.ClH/c1-3-4-15(18)17(21)20-12-5-10-16(19-11-12)23-14-8-6-13(22-2)7-9-14;/h5-11,15H,3-4,18H2,1-2H3,(H,20,21);1H. The highest BCUT2D eigenvalue weighted by Gasteiger charge is 2.12. The molecule has 0 saturated heterocycles. The quantitative estimate of drug-likeness (QED) is 0.798. The summed E-state index contributed by atoms with van der Waals surface area (Å²) in [5.41, 5.74) is 6.35. The van der Waals surface area contributed by atoms with E-state index in [9.17, 15) is 4.79 Å². The van der Waals surface area contributed by atoms with Crippen LogP contribution in [0.25, 0.3) is 0 Å². The average Bonchev–Trinajstić information content (AvgIpc) is 2.57. The van der Waals surface area contributed by atoms with Crippen molar-refractivity contribution < 1.29 is 14.3 Å². The predicted molar refractivity (Wildman–Crippen MR) is 96.1 cm³/mol. The predicted octanol–water partition coefficient (Wildman–Crippen LogP) is 3.37. The Morgan fingerprint density at radius 1 is 1.21 bits per heavy atom. The number of carbonyl (C=O) groups is 1. The highest BCUT2D eigenvalue weighted by atomic mass is 35.5. The largest absolute Gasteiger partial charge is 0.497 e. The lowest BCUT2D eigenvalue weighted by molar-refractivity contribution is -0.117. The molecule has 0 fully saturated rings. The van der Waals surface area contributed by atoms with Crippen LogP contribution in [0.3, 0.4) is 0 Å². The van der Waals surface area contributed by atoms with E-state index in [4.69, 9.17) is 15.2 Å². The Morgan fingerprint density at radius 2 is 1.88 bits per heavy atom. The molecular formula is C17H22ClN3O3. The van der Waals surface area contributed by atoms with Crippen LogP contribution < -0.4 is 20.5 Å². The van der Waals surface area contributed by atoms with Crippen LogP contribution in [0, 0.1) is 0 Å². The Labute approximate surface area is 147 Å². The molecule has 1 amide bonds. The van der Waals surface area contributed by atoms with E-state index in [1.54, 1.807) is 43.5 Å². The Morgan fingerprint density at radius 3 is 2.42 bits per heavy atom. The van der Waals surface area contributed by atoms with Crippen molar-refractivity contribution in [2.24, 2.45) is 5.73 Å². The number of halogens is 1. The summed E-state index contributed by atoms with van der Waals surface area (Å²) < 4.78 is 10.7. The topological polar surface area (TPSA) is 86.5 Å². The number of anilines is 1. The normalized spacial score (nSPS) is 11.1. The van der Waals surface area contributed by atoms with Gasteiger partial charge in [-0.2, -0.15) is 0 Å². The Balaban J connectivity index is 0.00000288. The number of nitrogens with two attached hydrogens (primary N) is 1. The van der Waals surface area contributed by atoms with Gasteiger partial charge in [0.05, 0.1) is 25.0 Å². The molecule has 1 atom stereocenters. The number of amides is 1. The number of hydrogen-bond donors (Lipinski definition) is 2. The Hall–Kier alpha value is -2.31. The number of nitrogens with zero attached hydrogens (tertiary/aromatic N) is 1. The van der Waals surface area contributed by atoms with E-state index in [1.165, 1.54) is 6.20 Å². The zero-order valence-corrected chi connectivity index (χ0v) is 14.5. The number of hydrogen-bond acceptors (Lipinski definition) is 5. The number of rotatable bonds is 7. The van der Waals surface area contributed by atoms with Crippen LogP contribution in [-0.2, 0) is 4.79 Å². The number of benzene rings is 1. The van der Waals surface area contributed by atoms with Gasteiger partial charge in [-0.05, 0) is 36.8 Å². The molecule has 130 valence electrons. The molecule has 1 heterocycles. The highest BCUT2D eigenvalue weighted by molar-refractivity contribution is 5.94. The van der Waals surface area contributed by atoms with Crippen molar-refractivity contribution in [3.63, 3.8) is 0 Å². The van der Waals surface area contributed by atoms with Gasteiger partial charge in [-0.3, -0.25) is 4.79 Å². The Bertz CT molecular complexity index is 633. The summed E-state index contributed by atoms with van der Waals surface area (Å²) >= 11 is 0. The third kappa shape index (κ3) is 5.72. The maximum atomic E-state index is 11.8. The van der Waals surface area contributed by atoms with Gasteiger partial charge in [-0.15, -0.1) is 12.4 Å². The summed E-state index contributed by atoms with van der Waals surface area (Å²) in [5.74, 6) is 1.63. The molecule has 2 aromatic rings. The fourth-order valence-electron chi connectivity index (χ4n) is 1.96. The zero-order valence-electron chi connectivity index (χ0n) is 13.7. The van der Waals surface area contributed by atoms with Crippen LogP contribution in [0.1, 0.15) is 19.8 Å². The summed E-state index contributed by atoms with van der Waals surface area (Å²) in [4.78, 5) is 16.0. The van der Waals surface area contributed by atoms with Gasteiger partial charge in [0.1, 0.15) is 11.5 Å². The number of aromatic nitrogens is 1. The van der Waals surface area contributed by atoms with Crippen LogP contribution >= 0.6 is 12.4 Å². The summed E-state index contributed by atoms with van der Waals surface area (Å²) in [6, 6.07) is 10.1. The Kier molecular flexibility index (Phi) is 8.01. The number of carbonyl (C=O) groups excluding carboxylic acids is 1. The molecule has 0 aliphatic rings. The van der Waals surface area contributed by atoms with E-state index >= 15 is 0 Å². The van der Waals surface area contributed by atoms with Gasteiger partial charge in [0.2, 0.25) is 11.8 Å². The molecule has 0 saturated carbocycles. The van der Waals surface area contributed by atoms with Crippen molar-refractivity contribution in [3.05, 3.63) is 42.6 Å². The van der Waals surface area contributed by atoms with Crippen molar-refractivity contribution in [2.45, 2.75) is 25.8 Å². The van der Waals surface area contributed by atoms with E-state index < -0.39 is 6.04 Å². The molecule has 0 aliphatic carbocycles. The molecule has 1 aromatic heterocycles. The number of methoxy groups -OCH3 is 1. The van der Waals surface area contributed by atoms with E-state index in [-0.39, 0.29) is 18.3 Å². The van der Waals surface area contributed by atoms with Crippen LogP contribution in [0.2, 0.25) is 0 Å². The van der Waals surface area contributed by atoms with Gasteiger partial charge in [0.15, 0.2) is 0 Å². The maximum Gasteiger partial charge on any atom is 0.241 e. The molecule has 6 nitrogen and oxygen atoms in total. The molecular weight excluding hydrogens is 330 g/mol. The number of nitrogens with one attached hydrogen (secondary N) is 1. The molecule has 2 rings (SSSR count). The molecule has 0 aliphatic heterocycles. The lowest BCUT2D eigenvalue weighted by Crippen LogP contribution is -2.35. The second-order valence-electron chi connectivity index (χ2n) is 5.05. The number of pyridine rings is 1. The minimum Gasteiger partial charge on any atom is -0.497 e. The lowest BCUT2D eigenvalue weighted by atomic mass is 10.1. The van der Waals surface area contributed by atoms with Crippen LogP contribution in [0.4, 0.5) is 5.69 Å². The molecule has 0 spiro atoms. The third-order valence-electron chi connectivity index (χ3n) is 3.22. The van der Waals surface area contributed by atoms with Crippen molar-refractivity contribution in [2.75, 3.05) is 12.4 Å². The highest BCUT2D eigenvalue weighted by Crippen LogP contribution is 2.23. The third-order valence-corrected chi connectivity index (χ3v) is 3.22. The summed E-state index contributed by atoms with van der Waals surface area (Å²) in [6.07, 6.45) is 3.05. The first-order chi connectivity index (χ1) is 11.1. The van der Waals surface area contributed by atoms with Crippen LogP contribution in [0.15, 0.2) is 42.6 Å². The average molecular weight is 352 g/mol. The minimum absolute atomic E-state index is 0. The van der Waals surface area contributed by atoms with Crippen molar-refractivity contribution in [3.8, 4) is 17.4 Å². The molecule has 24 heavy (non-hydrogen) atoms. The van der Waals surface area contributed by atoms with Gasteiger partial charge in [0.25, 0.3) is 0 Å². The van der Waals surface area contributed by atoms with Crippen LogP contribution in [-0.4, -0.2) is 24.0 Å². The van der Waals surface area contributed by atoms with Crippen molar-refractivity contribution in [1.29, 1.82) is 0 Å². The van der Waals surface area contributed by atoms with Gasteiger partial charge in [-0.1, -0.05) is 13.3 Å². The van der Waals surface area contributed by atoms with Gasteiger partial charge in [-0.25, -0.2) is 4.98 Å². The van der Waals surface area contributed by atoms with Gasteiger partial charge < -0.3 is 20.5 Å². The second kappa shape index (κ2) is 9.75. The molecule has 3 N–H and O–H groups in total. The van der Waals surface area contributed by atoms with E-state index in [2.05, 4.69) is 10.3 Å². The maximum absolute atomic E-state index is 11.8.